The van der Waals surface area contributed by atoms with Crippen LogP contribution in [0, 0.1) is 20.8 Å². The number of nitrogens with one attached hydrogen (secondary N) is 1. The summed E-state index contributed by atoms with van der Waals surface area (Å²) < 4.78 is 18.3. The molecule has 3 rings (SSSR count). The van der Waals surface area contributed by atoms with Crippen molar-refractivity contribution in [3.63, 3.8) is 0 Å². The summed E-state index contributed by atoms with van der Waals surface area (Å²) in [4.78, 5) is 24.6. The first-order valence-corrected chi connectivity index (χ1v) is 11.0. The molecule has 8 nitrogen and oxygen atoms in total. The summed E-state index contributed by atoms with van der Waals surface area (Å²) in [6.45, 7) is 8.58. The van der Waals surface area contributed by atoms with E-state index in [1.165, 1.54) is 0 Å². The molecule has 178 valence electrons. The molecule has 0 unspecified atom stereocenters. The predicted octanol–water partition coefficient (Wildman–Crippen LogP) is 3.62. The molecule has 2 heterocycles. The van der Waals surface area contributed by atoms with E-state index in [1.807, 2.05) is 39.4 Å². The molecule has 1 N–H and O–H groups in total. The summed E-state index contributed by atoms with van der Waals surface area (Å²) >= 11 is 0. The molecule has 0 bridgehead atoms. The van der Waals surface area contributed by atoms with Crippen LogP contribution in [-0.2, 0) is 36.2 Å². The van der Waals surface area contributed by atoms with Crippen LogP contribution >= 0.6 is 0 Å². The number of aromatic nitrogens is 2. The zero-order valence-corrected chi connectivity index (χ0v) is 20.5. The molecule has 1 aliphatic heterocycles. The Hall–Kier alpha value is -3.29. The molecule has 33 heavy (non-hydrogen) atoms. The van der Waals surface area contributed by atoms with Crippen molar-refractivity contribution in [3.8, 4) is 11.5 Å². The highest BCUT2D eigenvalue weighted by Crippen LogP contribution is 2.42. The van der Waals surface area contributed by atoms with E-state index >= 15 is 0 Å². The van der Waals surface area contributed by atoms with Crippen molar-refractivity contribution < 1.29 is 23.8 Å². The molecular weight excluding hydrogens is 422 g/mol. The van der Waals surface area contributed by atoms with Gasteiger partial charge in [-0.05, 0) is 46.1 Å². The van der Waals surface area contributed by atoms with Crippen LogP contribution in [0.25, 0.3) is 0 Å². The number of cyclic esters (lactones) is 1. The summed E-state index contributed by atoms with van der Waals surface area (Å²) in [6, 6.07) is 0. The Balaban J connectivity index is 1.66. The second-order valence-corrected chi connectivity index (χ2v) is 8.40. The highest BCUT2D eigenvalue weighted by Gasteiger charge is 2.32. The summed E-state index contributed by atoms with van der Waals surface area (Å²) in [7, 11) is 5.06. The number of carbonyl (C=O) groups is 2. The van der Waals surface area contributed by atoms with E-state index in [4.69, 9.17) is 14.2 Å². The number of hydrogen-bond donors (Lipinski definition) is 1. The van der Waals surface area contributed by atoms with Crippen molar-refractivity contribution in [1.29, 1.82) is 0 Å². The van der Waals surface area contributed by atoms with Crippen molar-refractivity contribution in [2.45, 2.75) is 60.1 Å². The van der Waals surface area contributed by atoms with E-state index in [-0.39, 0.29) is 18.5 Å². The Morgan fingerprint density at radius 1 is 1.15 bits per heavy atom. The summed E-state index contributed by atoms with van der Waals surface area (Å²) in [5.74, 6) is 0.828. The van der Waals surface area contributed by atoms with Gasteiger partial charge in [-0.25, -0.2) is 4.79 Å². The summed E-state index contributed by atoms with van der Waals surface area (Å²) in [5, 5.41) is 7.37. The Bertz CT molecular complexity index is 1110. The second-order valence-electron chi connectivity index (χ2n) is 8.40. The minimum absolute atomic E-state index is 0.00307. The molecule has 0 radical (unpaired) electrons. The van der Waals surface area contributed by atoms with Gasteiger partial charge in [0.15, 0.2) is 0 Å². The third kappa shape index (κ3) is 4.89. The molecule has 0 saturated carbocycles. The first-order valence-electron chi connectivity index (χ1n) is 11.0. The molecule has 0 saturated heterocycles. The molecule has 0 atom stereocenters. The van der Waals surface area contributed by atoms with E-state index in [2.05, 4.69) is 16.5 Å². The lowest BCUT2D eigenvalue weighted by Crippen LogP contribution is -2.23. The van der Waals surface area contributed by atoms with E-state index in [0.29, 0.717) is 42.9 Å². The van der Waals surface area contributed by atoms with Gasteiger partial charge < -0.3 is 19.5 Å². The van der Waals surface area contributed by atoms with Crippen LogP contribution in [0.3, 0.4) is 0 Å². The average molecular weight is 456 g/mol. The zero-order chi connectivity index (χ0) is 24.3. The Morgan fingerprint density at radius 2 is 1.85 bits per heavy atom. The van der Waals surface area contributed by atoms with E-state index in [1.54, 1.807) is 14.2 Å². The first-order chi connectivity index (χ1) is 15.7. The lowest BCUT2D eigenvalue weighted by Gasteiger charge is -2.18. The van der Waals surface area contributed by atoms with Crippen LogP contribution in [0.15, 0.2) is 11.6 Å². The molecule has 1 amide bonds. The number of nitrogens with zero attached hydrogens (tertiary/aromatic N) is 2. The second kappa shape index (κ2) is 10.1. The SMILES string of the molecule is COc1c(C)c2c(c(OC)c1C/C=C(\C)CCC(=O)NCc1c(C)nn(C)c1C)C(=O)OC2. The summed E-state index contributed by atoms with van der Waals surface area (Å²) in [6.07, 6.45) is 3.60. The van der Waals surface area contributed by atoms with E-state index < -0.39 is 0 Å². The van der Waals surface area contributed by atoms with Crippen molar-refractivity contribution in [3.05, 3.63) is 50.9 Å². The smallest absolute Gasteiger partial charge is 0.342 e. The number of methoxy groups -OCH3 is 2. The Kier molecular flexibility index (Phi) is 7.46. The quantitative estimate of drug-likeness (QED) is 0.459. The third-order valence-electron chi connectivity index (χ3n) is 6.35. The average Bonchev–Trinajstić information content (AvgIpc) is 3.28. The Morgan fingerprint density at radius 3 is 2.45 bits per heavy atom. The molecular formula is C25H33N3O5. The van der Waals surface area contributed by atoms with Crippen molar-refractivity contribution in [2.75, 3.05) is 14.2 Å². The highest BCUT2D eigenvalue weighted by molar-refractivity contribution is 5.98. The van der Waals surface area contributed by atoms with Crippen molar-refractivity contribution in [2.24, 2.45) is 7.05 Å². The van der Waals surface area contributed by atoms with Gasteiger partial charge in [-0.1, -0.05) is 11.6 Å². The number of hydrogen-bond acceptors (Lipinski definition) is 6. The van der Waals surface area contributed by atoms with Crippen LogP contribution in [0.5, 0.6) is 11.5 Å². The largest absolute Gasteiger partial charge is 0.496 e. The van der Waals surface area contributed by atoms with Crippen LogP contribution in [0.1, 0.15) is 63.8 Å². The maximum Gasteiger partial charge on any atom is 0.342 e. The van der Waals surface area contributed by atoms with E-state index in [9.17, 15) is 9.59 Å². The lowest BCUT2D eigenvalue weighted by molar-refractivity contribution is -0.121. The van der Waals surface area contributed by atoms with Gasteiger partial charge in [-0.3, -0.25) is 9.48 Å². The summed E-state index contributed by atoms with van der Waals surface area (Å²) in [5.41, 5.74) is 7.11. The van der Waals surface area contributed by atoms with Gasteiger partial charge in [0.05, 0.1) is 19.9 Å². The van der Waals surface area contributed by atoms with Crippen LogP contribution in [0.2, 0.25) is 0 Å². The highest BCUT2D eigenvalue weighted by atomic mass is 16.5. The molecule has 1 aliphatic rings. The maximum atomic E-state index is 12.4. The van der Waals surface area contributed by atoms with Gasteiger partial charge in [0.2, 0.25) is 5.91 Å². The van der Waals surface area contributed by atoms with Gasteiger partial charge in [0.25, 0.3) is 0 Å². The number of aryl methyl sites for hydroxylation is 2. The molecule has 8 heteroatoms. The normalized spacial score (nSPS) is 13.1. The lowest BCUT2D eigenvalue weighted by atomic mass is 9.94. The third-order valence-corrected chi connectivity index (χ3v) is 6.35. The first kappa shape index (κ1) is 24.4. The Labute approximate surface area is 194 Å². The van der Waals surface area contributed by atoms with Crippen molar-refractivity contribution >= 4 is 11.9 Å². The standard InChI is InChI=1S/C25H33N3O5/c1-14(9-11-21(29)26-12-19-16(3)27-28(5)17(19)4)8-10-18-23(31-6)15(2)20-13-33-25(30)22(20)24(18)32-7/h8H,9-13H2,1-7H3,(H,26,29)/b14-8+. The minimum atomic E-state index is -0.370. The minimum Gasteiger partial charge on any atom is -0.496 e. The zero-order valence-electron chi connectivity index (χ0n) is 20.5. The fraction of sp³-hybridized carbons (Fsp3) is 0.480. The number of ether oxygens (including phenoxy) is 3. The molecule has 2 aromatic rings. The molecule has 1 aromatic heterocycles. The fourth-order valence-corrected chi connectivity index (χ4v) is 4.27. The van der Waals surface area contributed by atoms with Gasteiger partial charge in [0.1, 0.15) is 23.7 Å². The molecule has 0 aliphatic carbocycles. The molecule has 1 aromatic carbocycles. The number of allylic oxidation sites excluding steroid dienone is 2. The van der Waals surface area contributed by atoms with Crippen LogP contribution in [-0.4, -0.2) is 35.9 Å². The van der Waals surface area contributed by atoms with Gasteiger partial charge >= 0.3 is 5.97 Å². The van der Waals surface area contributed by atoms with Crippen molar-refractivity contribution in [1.82, 2.24) is 15.1 Å². The number of amides is 1. The number of fused-ring (bicyclic) bond motifs is 1. The predicted molar refractivity (Wildman–Crippen MR) is 125 cm³/mol. The van der Waals surface area contributed by atoms with E-state index in [0.717, 1.165) is 39.2 Å². The topological polar surface area (TPSA) is 91.7 Å². The number of esters is 1. The number of rotatable bonds is 9. The number of carbonyl (C=O) groups excluding carboxylic acids is 2. The fourth-order valence-electron chi connectivity index (χ4n) is 4.27. The monoisotopic (exact) mass is 455 g/mol. The van der Waals surface area contributed by atoms with Gasteiger partial charge in [-0.2, -0.15) is 5.10 Å². The molecule has 0 fully saturated rings. The number of benzene rings is 1. The van der Waals surface area contributed by atoms with Gasteiger partial charge in [-0.15, -0.1) is 0 Å². The molecule has 0 spiro atoms. The van der Waals surface area contributed by atoms with Gasteiger partial charge in [0, 0.05) is 42.4 Å². The maximum absolute atomic E-state index is 12.4. The van der Waals surface area contributed by atoms with Crippen LogP contribution in [0.4, 0.5) is 0 Å². The van der Waals surface area contributed by atoms with Crippen LogP contribution < -0.4 is 14.8 Å².